The van der Waals surface area contributed by atoms with Crippen LogP contribution in [0.25, 0.3) is 0 Å². The lowest BCUT2D eigenvalue weighted by atomic mass is 10.2. The first-order valence-electron chi connectivity index (χ1n) is 8.47. The number of rotatable bonds is 9. The van der Waals surface area contributed by atoms with Gasteiger partial charge < -0.3 is 20.3 Å². The van der Waals surface area contributed by atoms with E-state index in [0.717, 1.165) is 30.9 Å². The number of anilines is 2. The second-order valence-electron chi connectivity index (χ2n) is 5.92. The number of benzene rings is 1. The maximum absolute atomic E-state index is 12.4. The van der Waals surface area contributed by atoms with Gasteiger partial charge in [0, 0.05) is 24.1 Å². The van der Waals surface area contributed by atoms with Gasteiger partial charge in [0.2, 0.25) is 0 Å². The lowest BCUT2D eigenvalue weighted by Crippen LogP contribution is -2.17. The van der Waals surface area contributed by atoms with Gasteiger partial charge in [-0.15, -0.1) is 0 Å². The lowest BCUT2D eigenvalue weighted by molar-refractivity contribution is 0.102. The Bertz CT molecular complexity index is 671. The van der Waals surface area contributed by atoms with E-state index < -0.39 is 0 Å². The van der Waals surface area contributed by atoms with E-state index in [4.69, 9.17) is 4.74 Å². The highest BCUT2D eigenvalue weighted by Gasteiger charge is 2.08. The molecule has 2 rings (SSSR count). The number of hydrogen-bond acceptors (Lipinski definition) is 5. The van der Waals surface area contributed by atoms with Crippen LogP contribution in [-0.2, 0) is 0 Å². The Morgan fingerprint density at radius 3 is 2.60 bits per heavy atom. The SMILES string of the molecule is CCOc1ccc(NC(=O)c2cc(NCCCN(C)C)ccn2)cc1. The molecule has 134 valence electrons. The van der Waals surface area contributed by atoms with Crippen molar-refractivity contribution in [1.82, 2.24) is 9.88 Å². The number of ether oxygens (including phenoxy) is 1. The third-order valence-electron chi connectivity index (χ3n) is 3.53. The monoisotopic (exact) mass is 342 g/mol. The van der Waals surface area contributed by atoms with E-state index >= 15 is 0 Å². The molecule has 1 amide bonds. The number of carbonyl (C=O) groups is 1. The number of pyridine rings is 1. The molecular weight excluding hydrogens is 316 g/mol. The van der Waals surface area contributed by atoms with Gasteiger partial charge in [0.1, 0.15) is 11.4 Å². The average Bonchev–Trinajstić information content (AvgIpc) is 2.61. The van der Waals surface area contributed by atoms with Crippen molar-refractivity contribution in [2.24, 2.45) is 0 Å². The van der Waals surface area contributed by atoms with Crippen LogP contribution in [0.4, 0.5) is 11.4 Å². The zero-order valence-electron chi connectivity index (χ0n) is 15.1. The molecule has 0 saturated heterocycles. The van der Waals surface area contributed by atoms with Gasteiger partial charge in [0.15, 0.2) is 0 Å². The summed E-state index contributed by atoms with van der Waals surface area (Å²) >= 11 is 0. The minimum absolute atomic E-state index is 0.235. The van der Waals surface area contributed by atoms with Gasteiger partial charge in [-0.2, -0.15) is 0 Å². The van der Waals surface area contributed by atoms with Crippen molar-refractivity contribution in [3.8, 4) is 5.75 Å². The summed E-state index contributed by atoms with van der Waals surface area (Å²) in [5.74, 6) is 0.545. The highest BCUT2D eigenvalue weighted by Crippen LogP contribution is 2.17. The highest BCUT2D eigenvalue weighted by atomic mass is 16.5. The third-order valence-corrected chi connectivity index (χ3v) is 3.53. The molecule has 1 aromatic carbocycles. The summed E-state index contributed by atoms with van der Waals surface area (Å²) in [4.78, 5) is 18.7. The van der Waals surface area contributed by atoms with Crippen LogP contribution in [0.2, 0.25) is 0 Å². The van der Waals surface area contributed by atoms with Crippen LogP contribution in [0.3, 0.4) is 0 Å². The molecule has 1 heterocycles. The zero-order chi connectivity index (χ0) is 18.1. The van der Waals surface area contributed by atoms with Crippen LogP contribution in [0.15, 0.2) is 42.6 Å². The number of aromatic nitrogens is 1. The normalized spacial score (nSPS) is 10.6. The van der Waals surface area contributed by atoms with Gasteiger partial charge in [0.05, 0.1) is 6.61 Å². The number of amides is 1. The number of carbonyl (C=O) groups excluding carboxylic acids is 1. The Labute approximate surface area is 149 Å². The van der Waals surface area contributed by atoms with Crippen molar-refractivity contribution in [3.05, 3.63) is 48.3 Å². The first-order chi connectivity index (χ1) is 12.1. The minimum atomic E-state index is -0.235. The molecule has 0 radical (unpaired) electrons. The fourth-order valence-corrected chi connectivity index (χ4v) is 2.29. The van der Waals surface area contributed by atoms with E-state index in [2.05, 4.69) is 34.6 Å². The van der Waals surface area contributed by atoms with Crippen molar-refractivity contribution < 1.29 is 9.53 Å². The van der Waals surface area contributed by atoms with Crippen molar-refractivity contribution in [3.63, 3.8) is 0 Å². The first kappa shape index (κ1) is 18.7. The summed E-state index contributed by atoms with van der Waals surface area (Å²) in [6.07, 6.45) is 2.67. The lowest BCUT2D eigenvalue weighted by Gasteiger charge is -2.11. The van der Waals surface area contributed by atoms with Crippen molar-refractivity contribution in [2.75, 3.05) is 44.4 Å². The molecule has 0 spiro atoms. The predicted molar refractivity (Wildman–Crippen MR) is 101 cm³/mol. The van der Waals surface area contributed by atoms with Gasteiger partial charge in [0.25, 0.3) is 5.91 Å². The summed E-state index contributed by atoms with van der Waals surface area (Å²) in [6.45, 7) is 4.41. The van der Waals surface area contributed by atoms with Gasteiger partial charge >= 0.3 is 0 Å². The van der Waals surface area contributed by atoms with Crippen LogP contribution >= 0.6 is 0 Å². The molecule has 25 heavy (non-hydrogen) atoms. The molecule has 0 saturated carbocycles. The summed E-state index contributed by atoms with van der Waals surface area (Å²) in [6, 6.07) is 10.9. The van der Waals surface area contributed by atoms with E-state index in [0.29, 0.717) is 18.0 Å². The van der Waals surface area contributed by atoms with Crippen LogP contribution in [0.5, 0.6) is 5.75 Å². The summed E-state index contributed by atoms with van der Waals surface area (Å²) in [5, 5.41) is 6.16. The second kappa shape index (κ2) is 9.64. The molecule has 1 aromatic heterocycles. The molecule has 0 bridgehead atoms. The van der Waals surface area contributed by atoms with E-state index in [1.807, 2.05) is 37.3 Å². The largest absolute Gasteiger partial charge is 0.494 e. The Balaban J connectivity index is 1.91. The second-order valence-corrected chi connectivity index (χ2v) is 5.92. The standard InChI is InChI=1S/C19H26N4O2/c1-4-25-17-8-6-15(7-9-17)22-19(24)18-14-16(10-12-21-18)20-11-5-13-23(2)3/h6-10,12,14H,4-5,11,13H2,1-3H3,(H,20,21)(H,22,24). The molecule has 0 fully saturated rings. The molecule has 0 aliphatic rings. The van der Waals surface area contributed by atoms with Gasteiger partial charge in [-0.05, 0) is 70.4 Å². The molecule has 6 nitrogen and oxygen atoms in total. The van der Waals surface area contributed by atoms with Gasteiger partial charge in [-0.1, -0.05) is 0 Å². The molecular formula is C19H26N4O2. The summed E-state index contributed by atoms with van der Waals surface area (Å²) in [7, 11) is 4.10. The van der Waals surface area contributed by atoms with Crippen molar-refractivity contribution in [1.29, 1.82) is 0 Å². The van der Waals surface area contributed by atoms with E-state index in [1.54, 1.807) is 12.3 Å². The number of nitrogens with zero attached hydrogens (tertiary/aromatic N) is 2. The molecule has 2 aromatic rings. The molecule has 6 heteroatoms. The van der Waals surface area contributed by atoms with E-state index in [-0.39, 0.29) is 5.91 Å². The van der Waals surface area contributed by atoms with Crippen molar-refractivity contribution in [2.45, 2.75) is 13.3 Å². The smallest absolute Gasteiger partial charge is 0.274 e. The zero-order valence-corrected chi connectivity index (χ0v) is 15.1. The minimum Gasteiger partial charge on any atom is -0.494 e. The quantitative estimate of drug-likeness (QED) is 0.686. The molecule has 0 unspecified atom stereocenters. The predicted octanol–water partition coefficient (Wildman–Crippen LogP) is 3.10. The molecule has 2 N–H and O–H groups in total. The topological polar surface area (TPSA) is 66.5 Å². The first-order valence-corrected chi connectivity index (χ1v) is 8.47. The molecule has 0 atom stereocenters. The number of hydrogen-bond donors (Lipinski definition) is 2. The summed E-state index contributed by atoms with van der Waals surface area (Å²) < 4.78 is 5.39. The molecule has 0 aliphatic carbocycles. The Kier molecular flexibility index (Phi) is 7.22. The van der Waals surface area contributed by atoms with Crippen LogP contribution in [0, 0.1) is 0 Å². The Morgan fingerprint density at radius 1 is 1.16 bits per heavy atom. The Hall–Kier alpha value is -2.60. The average molecular weight is 342 g/mol. The van der Waals surface area contributed by atoms with Crippen LogP contribution in [0.1, 0.15) is 23.8 Å². The van der Waals surface area contributed by atoms with E-state index in [9.17, 15) is 4.79 Å². The van der Waals surface area contributed by atoms with E-state index in [1.165, 1.54) is 0 Å². The molecule has 0 aliphatic heterocycles. The number of nitrogens with one attached hydrogen (secondary N) is 2. The van der Waals surface area contributed by atoms with Gasteiger partial charge in [-0.25, -0.2) is 0 Å². The van der Waals surface area contributed by atoms with Crippen molar-refractivity contribution >= 4 is 17.3 Å². The summed E-state index contributed by atoms with van der Waals surface area (Å²) in [5.41, 5.74) is 1.98. The maximum Gasteiger partial charge on any atom is 0.274 e. The maximum atomic E-state index is 12.4. The fourth-order valence-electron chi connectivity index (χ4n) is 2.29. The Morgan fingerprint density at radius 2 is 1.92 bits per heavy atom. The third kappa shape index (κ3) is 6.43. The fraction of sp³-hybridized carbons (Fsp3) is 0.368. The van der Waals surface area contributed by atoms with Gasteiger partial charge in [-0.3, -0.25) is 9.78 Å². The highest BCUT2D eigenvalue weighted by molar-refractivity contribution is 6.03. The van der Waals surface area contributed by atoms with Crippen LogP contribution in [-0.4, -0.2) is 49.6 Å². The van der Waals surface area contributed by atoms with Crippen LogP contribution < -0.4 is 15.4 Å².